The Morgan fingerprint density at radius 1 is 0.739 bits per heavy atom. The standard InChI is InChI=1S/C10H3Br3F8O2/c11-5-2-1-4(22-9(18,19)7(12,14)15)3-6(5)23-10(20,21)8(13,16)17/h1-3H. The zero-order valence-electron chi connectivity index (χ0n) is 10.2. The monoisotopic (exact) mass is 544 g/mol. The summed E-state index contributed by atoms with van der Waals surface area (Å²) >= 11 is 5.44. The van der Waals surface area contributed by atoms with Gasteiger partial charge < -0.3 is 9.47 Å². The minimum atomic E-state index is -5.06. The van der Waals surface area contributed by atoms with E-state index in [9.17, 15) is 35.1 Å². The number of rotatable bonds is 6. The number of ether oxygens (including phenoxy) is 2. The van der Waals surface area contributed by atoms with Crippen LogP contribution >= 0.6 is 47.8 Å². The summed E-state index contributed by atoms with van der Waals surface area (Å²) in [7, 11) is 0. The molecule has 0 saturated carbocycles. The third kappa shape index (κ3) is 5.08. The van der Waals surface area contributed by atoms with Crippen molar-refractivity contribution in [2.45, 2.75) is 21.9 Å². The Labute approximate surface area is 148 Å². The van der Waals surface area contributed by atoms with Crippen molar-refractivity contribution in [3.8, 4) is 11.5 Å². The first kappa shape index (κ1) is 20.7. The molecule has 2 nitrogen and oxygen atoms in total. The first-order valence-corrected chi connectivity index (χ1v) is 7.51. The Morgan fingerprint density at radius 2 is 1.17 bits per heavy atom. The van der Waals surface area contributed by atoms with E-state index in [1.165, 1.54) is 31.9 Å². The van der Waals surface area contributed by atoms with Crippen molar-refractivity contribution in [2.75, 3.05) is 0 Å². The van der Waals surface area contributed by atoms with Gasteiger partial charge in [0, 0.05) is 37.9 Å². The summed E-state index contributed by atoms with van der Waals surface area (Å²) in [4.78, 5) is -9.54. The third-order valence-electron chi connectivity index (χ3n) is 2.05. The Morgan fingerprint density at radius 3 is 1.61 bits per heavy atom. The van der Waals surface area contributed by atoms with Crippen molar-refractivity contribution < 1.29 is 44.6 Å². The number of alkyl halides is 10. The third-order valence-corrected chi connectivity index (χ3v) is 3.63. The van der Waals surface area contributed by atoms with Crippen LogP contribution in [0.15, 0.2) is 22.7 Å². The van der Waals surface area contributed by atoms with E-state index in [0.29, 0.717) is 12.1 Å². The molecule has 0 saturated heterocycles. The Balaban J connectivity index is 3.10. The van der Waals surface area contributed by atoms with Gasteiger partial charge in [-0.15, -0.1) is 0 Å². The number of benzene rings is 1. The molecule has 0 aliphatic rings. The lowest BCUT2D eigenvalue weighted by Crippen LogP contribution is -2.41. The molecule has 0 atom stereocenters. The first-order chi connectivity index (χ1) is 10.1. The van der Waals surface area contributed by atoms with Crippen molar-refractivity contribution in [3.05, 3.63) is 22.7 Å². The minimum absolute atomic E-state index is 0.309. The van der Waals surface area contributed by atoms with Crippen LogP contribution in [0, 0.1) is 0 Å². The highest BCUT2D eigenvalue weighted by atomic mass is 79.9. The van der Waals surface area contributed by atoms with E-state index >= 15 is 0 Å². The highest BCUT2D eigenvalue weighted by Gasteiger charge is 2.59. The Bertz CT molecular complexity index is 570. The molecule has 1 aromatic rings. The van der Waals surface area contributed by atoms with Crippen LogP contribution in [0.1, 0.15) is 0 Å². The molecule has 0 heterocycles. The lowest BCUT2D eigenvalue weighted by molar-refractivity contribution is -0.268. The van der Waals surface area contributed by atoms with Gasteiger partial charge in [0.2, 0.25) is 0 Å². The van der Waals surface area contributed by atoms with Crippen molar-refractivity contribution in [1.29, 1.82) is 0 Å². The van der Waals surface area contributed by atoms with Gasteiger partial charge in [0.15, 0.2) is 0 Å². The highest BCUT2D eigenvalue weighted by molar-refractivity contribution is 9.10. The predicted molar refractivity (Wildman–Crippen MR) is 73.0 cm³/mol. The molecule has 0 aromatic heterocycles. The SMILES string of the molecule is FC(F)(Br)C(F)(F)Oc1ccc(Br)c(OC(F)(F)C(F)(F)Br)c1. The highest BCUT2D eigenvalue weighted by Crippen LogP contribution is 2.45. The van der Waals surface area contributed by atoms with Gasteiger partial charge >= 0.3 is 21.9 Å². The Hall–Kier alpha value is -0.300. The number of hydrogen-bond acceptors (Lipinski definition) is 2. The lowest BCUT2D eigenvalue weighted by Gasteiger charge is -2.24. The van der Waals surface area contributed by atoms with E-state index in [-0.39, 0.29) is 4.47 Å². The molecule has 0 aliphatic carbocycles. The van der Waals surface area contributed by atoms with E-state index < -0.39 is 33.4 Å². The van der Waals surface area contributed by atoms with Crippen LogP contribution in [0.2, 0.25) is 0 Å². The van der Waals surface area contributed by atoms with E-state index in [1.807, 2.05) is 0 Å². The topological polar surface area (TPSA) is 18.5 Å². The normalized spacial score (nSPS) is 13.9. The maximum atomic E-state index is 13.1. The van der Waals surface area contributed by atoms with E-state index in [4.69, 9.17) is 0 Å². The van der Waals surface area contributed by atoms with Gasteiger partial charge in [0.25, 0.3) is 0 Å². The molecule has 0 bridgehead atoms. The molecule has 0 N–H and O–H groups in total. The fourth-order valence-electron chi connectivity index (χ4n) is 1.03. The molecule has 1 aromatic carbocycles. The second-order valence-electron chi connectivity index (χ2n) is 3.83. The van der Waals surface area contributed by atoms with Gasteiger partial charge in [0.05, 0.1) is 4.47 Å². The van der Waals surface area contributed by atoms with Gasteiger partial charge in [-0.1, -0.05) is 0 Å². The molecule has 13 heteroatoms. The summed E-state index contributed by atoms with van der Waals surface area (Å²) in [6.45, 7) is 0. The average Bonchev–Trinajstić information content (AvgIpc) is 2.29. The molecule has 1 rings (SSSR count). The largest absolute Gasteiger partial charge is 0.475 e. The maximum absolute atomic E-state index is 13.1. The van der Waals surface area contributed by atoms with Gasteiger partial charge in [-0.2, -0.15) is 35.1 Å². The fraction of sp³-hybridized carbons (Fsp3) is 0.400. The van der Waals surface area contributed by atoms with Crippen LogP contribution in [0.5, 0.6) is 11.5 Å². The van der Waals surface area contributed by atoms with Crippen molar-refractivity contribution >= 4 is 47.8 Å². The second kappa shape index (κ2) is 6.54. The molecule has 0 fully saturated rings. The van der Waals surface area contributed by atoms with Gasteiger partial charge in [-0.05, 0) is 28.1 Å². The van der Waals surface area contributed by atoms with Crippen LogP contribution in [0.3, 0.4) is 0 Å². The Kier molecular flexibility index (Phi) is 5.90. The summed E-state index contributed by atoms with van der Waals surface area (Å²) in [6, 6.07) is 1.81. The zero-order chi connectivity index (χ0) is 18.3. The molecule has 23 heavy (non-hydrogen) atoms. The maximum Gasteiger partial charge on any atom is 0.475 e. The van der Waals surface area contributed by atoms with Crippen LogP contribution in [0.25, 0.3) is 0 Å². The van der Waals surface area contributed by atoms with Gasteiger partial charge in [-0.3, -0.25) is 0 Å². The molecule has 0 amide bonds. The van der Waals surface area contributed by atoms with E-state index in [1.54, 1.807) is 0 Å². The van der Waals surface area contributed by atoms with Crippen LogP contribution < -0.4 is 9.47 Å². The fourth-order valence-corrected chi connectivity index (χ4v) is 1.52. The quantitative estimate of drug-likeness (QED) is 0.305. The number of halogens is 11. The van der Waals surface area contributed by atoms with Crippen molar-refractivity contribution in [1.82, 2.24) is 0 Å². The molecule has 0 spiro atoms. The van der Waals surface area contributed by atoms with E-state index in [0.717, 1.165) is 6.07 Å². The first-order valence-electron chi connectivity index (χ1n) is 5.13. The summed E-state index contributed by atoms with van der Waals surface area (Å²) in [5.74, 6) is -2.07. The average molecular weight is 547 g/mol. The molecule has 0 radical (unpaired) electrons. The second-order valence-corrected chi connectivity index (χ2v) is 6.67. The molecular formula is C10H3Br3F8O2. The predicted octanol–water partition coefficient (Wildman–Crippen LogP) is 6.37. The lowest BCUT2D eigenvalue weighted by atomic mass is 10.3. The summed E-state index contributed by atoms with van der Waals surface area (Å²) in [6.07, 6.45) is -10.1. The van der Waals surface area contributed by atoms with Crippen LogP contribution in [-0.2, 0) is 0 Å². The summed E-state index contributed by atoms with van der Waals surface area (Å²) < 4.78 is 110. The smallest absolute Gasteiger partial charge is 0.427 e. The van der Waals surface area contributed by atoms with Crippen LogP contribution in [-0.4, -0.2) is 21.9 Å². The number of hydrogen-bond donors (Lipinski definition) is 0. The van der Waals surface area contributed by atoms with Crippen molar-refractivity contribution in [3.63, 3.8) is 0 Å². The molecule has 0 unspecified atom stereocenters. The van der Waals surface area contributed by atoms with Crippen LogP contribution in [0.4, 0.5) is 35.1 Å². The summed E-state index contributed by atoms with van der Waals surface area (Å²) in [5.41, 5.74) is 0. The van der Waals surface area contributed by atoms with E-state index in [2.05, 4.69) is 25.4 Å². The zero-order valence-corrected chi connectivity index (χ0v) is 15.0. The molecule has 0 aliphatic heterocycles. The summed E-state index contributed by atoms with van der Waals surface area (Å²) in [5, 5.41) is 0. The van der Waals surface area contributed by atoms with Gasteiger partial charge in [-0.25, -0.2) is 0 Å². The minimum Gasteiger partial charge on any atom is -0.427 e. The van der Waals surface area contributed by atoms with Crippen molar-refractivity contribution in [2.24, 2.45) is 0 Å². The molecule has 132 valence electrons. The molecular weight excluding hydrogens is 544 g/mol. The van der Waals surface area contributed by atoms with Gasteiger partial charge in [0.1, 0.15) is 11.5 Å².